The first-order valence-corrected chi connectivity index (χ1v) is 8.05. The van der Waals surface area contributed by atoms with Crippen molar-refractivity contribution in [3.63, 3.8) is 0 Å². The van der Waals surface area contributed by atoms with E-state index >= 15 is 0 Å². The molecule has 24 heavy (non-hydrogen) atoms. The van der Waals surface area contributed by atoms with E-state index < -0.39 is 11.9 Å². The van der Waals surface area contributed by atoms with Crippen molar-refractivity contribution in [3.8, 4) is 5.75 Å². The Morgan fingerprint density at radius 1 is 1.21 bits per heavy atom. The number of guanidine groups is 1. The van der Waals surface area contributed by atoms with E-state index in [-0.39, 0.29) is 17.6 Å². The number of nitrogens with zero attached hydrogens (tertiary/aromatic N) is 1. The molecule has 3 rings (SSSR count). The van der Waals surface area contributed by atoms with Crippen molar-refractivity contribution in [3.05, 3.63) is 42.1 Å². The van der Waals surface area contributed by atoms with Crippen LogP contribution in [0.25, 0.3) is 0 Å². The number of rotatable bonds is 3. The van der Waals surface area contributed by atoms with Crippen LogP contribution >= 0.6 is 0 Å². The highest BCUT2D eigenvalue weighted by molar-refractivity contribution is 5.80. The predicted octanol–water partition coefficient (Wildman–Crippen LogP) is 3.79. The van der Waals surface area contributed by atoms with E-state index in [1.54, 1.807) is 18.3 Å². The molecule has 1 atom stereocenters. The number of ether oxygens (including phenoxy) is 1. The molecule has 1 fully saturated rings. The van der Waals surface area contributed by atoms with E-state index in [0.29, 0.717) is 5.56 Å². The van der Waals surface area contributed by atoms with Crippen molar-refractivity contribution < 1.29 is 17.9 Å². The van der Waals surface area contributed by atoms with Gasteiger partial charge in [-0.3, -0.25) is 0 Å². The molecule has 1 aliphatic heterocycles. The molecule has 0 spiro atoms. The van der Waals surface area contributed by atoms with Crippen molar-refractivity contribution in [1.29, 1.82) is 0 Å². The lowest BCUT2D eigenvalue weighted by atomic mass is 9.71. The lowest BCUT2D eigenvalue weighted by Crippen LogP contribution is -2.42. The van der Waals surface area contributed by atoms with Crippen molar-refractivity contribution in [2.75, 3.05) is 0 Å². The van der Waals surface area contributed by atoms with Crippen LogP contribution in [0.5, 0.6) is 5.75 Å². The standard InChI is InChI=1S/C17H20F3N3O/c18-17(19,20)24-14-8-4-7-13(11-14)16(9-10-22-15(21)23-16)12-5-2-1-3-6-12/h4,7-12H,1-3,5-6H2,(H3,21,22,23). The van der Waals surface area contributed by atoms with Gasteiger partial charge in [0.25, 0.3) is 0 Å². The molecule has 1 aliphatic carbocycles. The van der Waals surface area contributed by atoms with Gasteiger partial charge in [0.15, 0.2) is 5.96 Å². The first kappa shape index (κ1) is 16.7. The summed E-state index contributed by atoms with van der Waals surface area (Å²) in [6, 6.07) is 6.05. The van der Waals surface area contributed by atoms with E-state index in [1.807, 2.05) is 6.08 Å². The normalized spacial score (nSPS) is 25.0. The number of alkyl halides is 3. The van der Waals surface area contributed by atoms with E-state index in [0.717, 1.165) is 25.7 Å². The minimum Gasteiger partial charge on any atom is -0.406 e. The van der Waals surface area contributed by atoms with Crippen LogP contribution in [0, 0.1) is 5.92 Å². The zero-order valence-corrected chi connectivity index (χ0v) is 13.1. The third-order valence-electron chi connectivity index (χ3n) is 4.63. The van der Waals surface area contributed by atoms with Gasteiger partial charge in [0, 0.05) is 6.20 Å². The molecule has 3 N–H and O–H groups in total. The molecule has 0 aromatic heterocycles. The zero-order chi connectivity index (χ0) is 17.2. The van der Waals surface area contributed by atoms with E-state index in [2.05, 4.69) is 15.0 Å². The van der Waals surface area contributed by atoms with Crippen LogP contribution in [0.1, 0.15) is 37.7 Å². The molecule has 7 heteroatoms. The number of aliphatic imine (C=N–C) groups is 1. The predicted molar refractivity (Wildman–Crippen MR) is 85.3 cm³/mol. The summed E-state index contributed by atoms with van der Waals surface area (Å²) >= 11 is 0. The van der Waals surface area contributed by atoms with Crippen molar-refractivity contribution in [1.82, 2.24) is 5.32 Å². The third-order valence-corrected chi connectivity index (χ3v) is 4.63. The average Bonchev–Trinajstić information content (AvgIpc) is 2.54. The Bertz CT molecular complexity index is 651. The first-order valence-electron chi connectivity index (χ1n) is 8.05. The van der Waals surface area contributed by atoms with Gasteiger partial charge in [-0.1, -0.05) is 31.4 Å². The average molecular weight is 339 g/mol. The Kier molecular flexibility index (Phi) is 4.43. The maximum Gasteiger partial charge on any atom is 0.573 e. The zero-order valence-electron chi connectivity index (χ0n) is 13.1. The van der Waals surface area contributed by atoms with Crippen LogP contribution in [0.3, 0.4) is 0 Å². The number of halogens is 3. The molecule has 1 heterocycles. The van der Waals surface area contributed by atoms with Gasteiger partial charge in [0.05, 0.1) is 0 Å². The minimum absolute atomic E-state index is 0.198. The molecule has 1 unspecified atom stereocenters. The second-order valence-corrected chi connectivity index (χ2v) is 6.21. The van der Waals surface area contributed by atoms with Gasteiger partial charge in [-0.05, 0) is 42.5 Å². The van der Waals surface area contributed by atoms with Gasteiger partial charge < -0.3 is 15.8 Å². The molecular formula is C17H20F3N3O. The fraction of sp³-hybridized carbons (Fsp3) is 0.471. The Morgan fingerprint density at radius 2 is 1.96 bits per heavy atom. The van der Waals surface area contributed by atoms with Crippen LogP contribution < -0.4 is 15.8 Å². The van der Waals surface area contributed by atoms with Crippen molar-refractivity contribution in [2.45, 2.75) is 44.0 Å². The molecular weight excluding hydrogens is 319 g/mol. The lowest BCUT2D eigenvalue weighted by molar-refractivity contribution is -0.274. The number of nitrogens with one attached hydrogen (secondary N) is 1. The van der Waals surface area contributed by atoms with Crippen LogP contribution in [-0.2, 0) is 5.54 Å². The number of nitrogens with two attached hydrogens (primary N) is 1. The summed E-state index contributed by atoms with van der Waals surface area (Å²) in [4.78, 5) is 4.60. The van der Waals surface area contributed by atoms with E-state index in [4.69, 9.17) is 5.73 Å². The summed E-state index contributed by atoms with van der Waals surface area (Å²) in [5, 5.41) is 2.83. The molecule has 1 saturated carbocycles. The number of benzene rings is 1. The monoisotopic (exact) mass is 339 g/mol. The molecule has 2 aliphatic rings. The quantitative estimate of drug-likeness (QED) is 0.881. The van der Waals surface area contributed by atoms with Gasteiger partial charge in [-0.2, -0.15) is 0 Å². The fourth-order valence-corrected chi connectivity index (χ4v) is 3.63. The Hall–Kier alpha value is -2.18. The maximum atomic E-state index is 12.5. The highest BCUT2D eigenvalue weighted by atomic mass is 19.4. The summed E-state index contributed by atoms with van der Waals surface area (Å²) < 4.78 is 41.7. The molecule has 1 aromatic carbocycles. The molecule has 130 valence electrons. The first-order chi connectivity index (χ1) is 11.4. The molecule has 0 bridgehead atoms. The molecule has 0 amide bonds. The highest BCUT2D eigenvalue weighted by Gasteiger charge is 2.41. The summed E-state index contributed by atoms with van der Waals surface area (Å²) in [6.45, 7) is 0. The minimum atomic E-state index is -4.72. The number of hydrogen-bond acceptors (Lipinski definition) is 4. The molecule has 1 aromatic rings. The molecule has 4 nitrogen and oxygen atoms in total. The van der Waals surface area contributed by atoms with Crippen LogP contribution in [-0.4, -0.2) is 12.3 Å². The van der Waals surface area contributed by atoms with E-state index in [1.165, 1.54) is 18.6 Å². The molecule has 0 radical (unpaired) electrons. The summed E-state index contributed by atoms with van der Waals surface area (Å²) in [7, 11) is 0. The summed E-state index contributed by atoms with van der Waals surface area (Å²) in [6.07, 6.45) is 4.16. The van der Waals surface area contributed by atoms with Crippen LogP contribution in [0.2, 0.25) is 0 Å². The smallest absolute Gasteiger partial charge is 0.406 e. The third kappa shape index (κ3) is 3.49. The van der Waals surface area contributed by atoms with Gasteiger partial charge in [-0.25, -0.2) is 4.99 Å². The van der Waals surface area contributed by atoms with Crippen molar-refractivity contribution in [2.24, 2.45) is 16.6 Å². The second kappa shape index (κ2) is 6.37. The van der Waals surface area contributed by atoms with Gasteiger partial charge in [0.1, 0.15) is 11.3 Å². The number of hydrogen-bond donors (Lipinski definition) is 2. The Labute approximate surface area is 138 Å². The van der Waals surface area contributed by atoms with Crippen molar-refractivity contribution >= 4 is 5.96 Å². The SMILES string of the molecule is NC1=NC(c2cccc(OC(F)(F)F)c2)(C2CCCCC2)C=CN1. The highest BCUT2D eigenvalue weighted by Crippen LogP contribution is 2.45. The summed E-state index contributed by atoms with van der Waals surface area (Å²) in [5.74, 6) is 0.227. The van der Waals surface area contributed by atoms with Crippen LogP contribution in [0.4, 0.5) is 13.2 Å². The largest absolute Gasteiger partial charge is 0.573 e. The second-order valence-electron chi connectivity index (χ2n) is 6.21. The van der Waals surface area contributed by atoms with Gasteiger partial charge >= 0.3 is 6.36 Å². The topological polar surface area (TPSA) is 59.6 Å². The van der Waals surface area contributed by atoms with E-state index in [9.17, 15) is 13.2 Å². The van der Waals surface area contributed by atoms with Gasteiger partial charge in [-0.15, -0.1) is 13.2 Å². The van der Waals surface area contributed by atoms with Crippen LogP contribution in [0.15, 0.2) is 41.5 Å². The molecule has 0 saturated heterocycles. The maximum absolute atomic E-state index is 12.5. The van der Waals surface area contributed by atoms with Gasteiger partial charge in [0.2, 0.25) is 0 Å². The Balaban J connectivity index is 2.01. The summed E-state index contributed by atoms with van der Waals surface area (Å²) in [5.41, 5.74) is 5.79. The lowest BCUT2D eigenvalue weighted by Gasteiger charge is -2.39. The fourth-order valence-electron chi connectivity index (χ4n) is 3.63. The Morgan fingerprint density at radius 3 is 2.62 bits per heavy atom.